The van der Waals surface area contributed by atoms with Crippen molar-refractivity contribution in [2.24, 2.45) is 0 Å². The van der Waals surface area contributed by atoms with E-state index in [-0.39, 0.29) is 5.16 Å². The quantitative estimate of drug-likeness (QED) is 0.249. The van der Waals surface area contributed by atoms with E-state index >= 15 is 0 Å². The Morgan fingerprint density at radius 2 is 2.24 bits per heavy atom. The van der Waals surface area contributed by atoms with Crippen LogP contribution in [0.4, 0.5) is 0 Å². The molecule has 1 aromatic rings. The maximum absolute atomic E-state index is 10.7. The Morgan fingerprint density at radius 3 is 2.76 bits per heavy atom. The van der Waals surface area contributed by atoms with Gasteiger partial charge in [-0.25, -0.2) is 0 Å². The molecule has 0 aromatic carbocycles. The SMILES string of the molecule is O=[N+]([O-])C(Cl)=C(CCCCCl)Cc1ccco1. The van der Waals surface area contributed by atoms with Crippen LogP contribution in [0.2, 0.25) is 0 Å². The van der Waals surface area contributed by atoms with Crippen LogP contribution in [0.3, 0.4) is 0 Å². The van der Waals surface area contributed by atoms with E-state index in [1.807, 2.05) is 0 Å². The van der Waals surface area contributed by atoms with Crippen LogP contribution in [0.25, 0.3) is 0 Å². The van der Waals surface area contributed by atoms with Gasteiger partial charge in [-0.05, 0) is 43.0 Å². The van der Waals surface area contributed by atoms with Crippen molar-refractivity contribution in [3.63, 3.8) is 0 Å². The first-order valence-electron chi connectivity index (χ1n) is 5.25. The maximum atomic E-state index is 10.7. The Hall–Kier alpha value is -1.00. The fourth-order valence-electron chi connectivity index (χ4n) is 1.45. The van der Waals surface area contributed by atoms with E-state index in [0.717, 1.165) is 12.8 Å². The van der Waals surface area contributed by atoms with E-state index < -0.39 is 4.92 Å². The lowest BCUT2D eigenvalue weighted by molar-refractivity contribution is -0.413. The first-order valence-corrected chi connectivity index (χ1v) is 6.16. The van der Waals surface area contributed by atoms with Crippen molar-refractivity contribution in [3.05, 3.63) is 45.0 Å². The van der Waals surface area contributed by atoms with Gasteiger partial charge in [-0.15, -0.1) is 11.6 Å². The van der Waals surface area contributed by atoms with Gasteiger partial charge in [0.05, 0.1) is 11.2 Å². The third kappa shape index (κ3) is 4.79. The van der Waals surface area contributed by atoms with E-state index in [4.69, 9.17) is 27.6 Å². The van der Waals surface area contributed by atoms with Crippen LogP contribution in [0.5, 0.6) is 0 Å². The van der Waals surface area contributed by atoms with Crippen LogP contribution < -0.4 is 0 Å². The number of alkyl halides is 1. The molecule has 0 saturated carbocycles. The summed E-state index contributed by atoms with van der Waals surface area (Å²) in [5, 5.41) is 10.4. The van der Waals surface area contributed by atoms with Gasteiger partial charge in [-0.3, -0.25) is 10.1 Å². The Kier molecular flexibility index (Phi) is 6.08. The Balaban J connectivity index is 2.72. The highest BCUT2D eigenvalue weighted by Crippen LogP contribution is 2.21. The first-order chi connectivity index (χ1) is 8.15. The number of hydrogen-bond donors (Lipinski definition) is 0. The predicted molar refractivity (Wildman–Crippen MR) is 66.9 cm³/mol. The molecular formula is C11H13Cl2NO3. The zero-order valence-electron chi connectivity index (χ0n) is 9.20. The van der Waals surface area contributed by atoms with Crippen molar-refractivity contribution >= 4 is 23.2 Å². The summed E-state index contributed by atoms with van der Waals surface area (Å²) in [6.45, 7) is 0. The molecule has 0 aliphatic carbocycles. The minimum atomic E-state index is -0.569. The van der Waals surface area contributed by atoms with Gasteiger partial charge < -0.3 is 4.42 Å². The Morgan fingerprint density at radius 1 is 1.47 bits per heavy atom. The van der Waals surface area contributed by atoms with Crippen molar-refractivity contribution in [1.29, 1.82) is 0 Å². The van der Waals surface area contributed by atoms with E-state index in [1.54, 1.807) is 12.1 Å². The van der Waals surface area contributed by atoms with Crippen LogP contribution in [0.1, 0.15) is 25.0 Å². The Bertz CT molecular complexity index is 387. The summed E-state index contributed by atoms with van der Waals surface area (Å²) in [6, 6.07) is 3.51. The summed E-state index contributed by atoms with van der Waals surface area (Å²) in [7, 11) is 0. The molecule has 0 spiro atoms. The lowest BCUT2D eigenvalue weighted by Crippen LogP contribution is -2.01. The van der Waals surface area contributed by atoms with Gasteiger partial charge in [0.15, 0.2) is 0 Å². The van der Waals surface area contributed by atoms with Crippen molar-refractivity contribution in [3.8, 4) is 0 Å². The molecule has 0 fully saturated rings. The highest BCUT2D eigenvalue weighted by atomic mass is 35.5. The standard InChI is InChI=1S/C11H13Cl2NO3/c12-6-2-1-4-9(11(13)14(15)16)8-10-5-3-7-17-10/h3,5,7H,1-2,4,6,8H2. The molecule has 0 bridgehead atoms. The lowest BCUT2D eigenvalue weighted by atomic mass is 10.1. The van der Waals surface area contributed by atoms with Crippen LogP contribution in [-0.4, -0.2) is 10.8 Å². The summed E-state index contributed by atoms with van der Waals surface area (Å²) in [6.07, 6.45) is 4.06. The molecule has 0 saturated heterocycles. The zero-order chi connectivity index (χ0) is 12.7. The second-order valence-corrected chi connectivity index (χ2v) is 4.29. The predicted octanol–water partition coefficient (Wildman–Crippen LogP) is 3.96. The molecule has 6 heteroatoms. The summed E-state index contributed by atoms with van der Waals surface area (Å²) < 4.78 is 5.16. The van der Waals surface area contributed by atoms with Crippen LogP contribution in [-0.2, 0) is 6.42 Å². The zero-order valence-corrected chi connectivity index (χ0v) is 10.7. The topological polar surface area (TPSA) is 56.3 Å². The number of nitro groups is 1. The molecule has 17 heavy (non-hydrogen) atoms. The van der Waals surface area contributed by atoms with Crippen LogP contribution in [0, 0.1) is 10.1 Å². The second kappa shape index (κ2) is 7.35. The van der Waals surface area contributed by atoms with Crippen LogP contribution >= 0.6 is 23.2 Å². The fourth-order valence-corrected chi connectivity index (χ4v) is 1.80. The third-order valence-corrected chi connectivity index (χ3v) is 2.95. The molecule has 0 unspecified atom stereocenters. The first kappa shape index (κ1) is 14.1. The molecule has 0 aliphatic rings. The lowest BCUT2D eigenvalue weighted by Gasteiger charge is -2.04. The number of rotatable bonds is 7. The Labute approximate surface area is 109 Å². The van der Waals surface area contributed by atoms with Gasteiger partial charge >= 0.3 is 5.16 Å². The summed E-state index contributed by atoms with van der Waals surface area (Å²) >= 11 is 11.3. The molecule has 1 rings (SSSR count). The molecule has 1 aromatic heterocycles. The smallest absolute Gasteiger partial charge is 0.336 e. The highest BCUT2D eigenvalue weighted by Gasteiger charge is 2.16. The highest BCUT2D eigenvalue weighted by molar-refractivity contribution is 6.28. The molecule has 0 atom stereocenters. The molecule has 4 nitrogen and oxygen atoms in total. The number of unbranched alkanes of at least 4 members (excludes halogenated alkanes) is 1. The van der Waals surface area contributed by atoms with Crippen LogP contribution in [0.15, 0.2) is 33.5 Å². The van der Waals surface area contributed by atoms with Crippen molar-refractivity contribution in [2.75, 3.05) is 5.88 Å². The molecule has 94 valence electrons. The molecule has 0 N–H and O–H groups in total. The number of halogens is 2. The van der Waals surface area contributed by atoms with Crippen molar-refractivity contribution < 1.29 is 9.34 Å². The second-order valence-electron chi connectivity index (χ2n) is 3.55. The van der Waals surface area contributed by atoms with E-state index in [0.29, 0.717) is 30.1 Å². The average molecular weight is 278 g/mol. The minimum absolute atomic E-state index is 0.309. The van der Waals surface area contributed by atoms with Gasteiger partial charge in [0.1, 0.15) is 5.76 Å². The number of nitrogens with zero attached hydrogens (tertiary/aromatic N) is 1. The molecule has 0 amide bonds. The van der Waals surface area contributed by atoms with E-state index in [1.165, 1.54) is 6.26 Å². The molecular weight excluding hydrogens is 265 g/mol. The third-order valence-electron chi connectivity index (χ3n) is 2.28. The van der Waals surface area contributed by atoms with Crippen molar-refractivity contribution in [1.82, 2.24) is 0 Å². The summed E-state index contributed by atoms with van der Waals surface area (Å²) in [5.74, 6) is 1.22. The van der Waals surface area contributed by atoms with E-state index in [9.17, 15) is 10.1 Å². The van der Waals surface area contributed by atoms with Crippen molar-refractivity contribution in [2.45, 2.75) is 25.7 Å². The molecule has 0 radical (unpaired) electrons. The van der Waals surface area contributed by atoms with Gasteiger partial charge in [0.2, 0.25) is 0 Å². The van der Waals surface area contributed by atoms with Gasteiger partial charge in [-0.1, -0.05) is 0 Å². The maximum Gasteiger partial charge on any atom is 0.336 e. The molecule has 1 heterocycles. The number of allylic oxidation sites excluding steroid dienone is 1. The van der Waals surface area contributed by atoms with Gasteiger partial charge in [-0.2, -0.15) is 0 Å². The van der Waals surface area contributed by atoms with E-state index in [2.05, 4.69) is 0 Å². The fraction of sp³-hybridized carbons (Fsp3) is 0.455. The number of furan rings is 1. The monoisotopic (exact) mass is 277 g/mol. The largest absolute Gasteiger partial charge is 0.469 e. The normalized spacial score (nSPS) is 12.4. The number of hydrogen-bond acceptors (Lipinski definition) is 3. The summed E-state index contributed by atoms with van der Waals surface area (Å²) in [5.41, 5.74) is 0.580. The minimum Gasteiger partial charge on any atom is -0.469 e. The van der Waals surface area contributed by atoms with Gasteiger partial charge in [0, 0.05) is 17.9 Å². The average Bonchev–Trinajstić information content (AvgIpc) is 2.79. The molecule has 0 aliphatic heterocycles. The summed E-state index contributed by atoms with van der Waals surface area (Å²) in [4.78, 5) is 10.1. The van der Waals surface area contributed by atoms with Gasteiger partial charge in [0.25, 0.3) is 0 Å².